The van der Waals surface area contributed by atoms with E-state index in [0.29, 0.717) is 123 Å². The molecule has 0 bridgehead atoms. The second kappa shape index (κ2) is 25.3. The van der Waals surface area contributed by atoms with Crippen LogP contribution < -0.4 is 28.7 Å². The molecule has 16 rings (SSSR count). The van der Waals surface area contributed by atoms with Crippen molar-refractivity contribution in [3.63, 3.8) is 0 Å². The fraction of sp³-hybridized carbons (Fsp3) is 0.286. The molecule has 14 aromatic rings. The van der Waals surface area contributed by atoms with Gasteiger partial charge in [-0.15, -0.1) is 0 Å². The number of nitrogens with zero attached hydrogens (tertiary/aromatic N) is 2. The highest BCUT2D eigenvalue weighted by molar-refractivity contribution is 6.49. The first kappa shape index (κ1) is 71.2. The van der Waals surface area contributed by atoms with E-state index in [1.165, 1.54) is 9.80 Å². The van der Waals surface area contributed by atoms with Gasteiger partial charge in [0.25, 0.3) is 23.6 Å². The van der Waals surface area contributed by atoms with E-state index in [-0.39, 0.29) is 45.3 Å². The molecule has 2 heterocycles. The van der Waals surface area contributed by atoms with Gasteiger partial charge in [0.2, 0.25) is 0 Å². The van der Waals surface area contributed by atoms with E-state index >= 15 is 19.2 Å². The number of anilines is 2. The van der Waals surface area contributed by atoms with Gasteiger partial charge in [-0.2, -0.15) is 0 Å². The normalized spacial score (nSPS) is 13.9. The third-order valence-electron chi connectivity index (χ3n) is 22.6. The maximum Gasteiger partial charge on any atom is 0.266 e. The van der Waals surface area contributed by atoms with Crippen LogP contribution in [-0.4, -0.2) is 23.6 Å². The molecule has 0 fully saturated rings. The third kappa shape index (κ3) is 11.4. The number of rotatable bonds is 14. The smallest absolute Gasteiger partial charge is 0.266 e. The van der Waals surface area contributed by atoms with Crippen molar-refractivity contribution >= 4 is 110 Å². The zero-order valence-corrected chi connectivity index (χ0v) is 65.8. The van der Waals surface area contributed by atoms with Crippen LogP contribution in [0.5, 0.6) is 46.0 Å². The number of ether oxygens (including phenoxy) is 4. The third-order valence-corrected chi connectivity index (χ3v) is 22.6. The molecular formula is C98H94N2O8. The summed E-state index contributed by atoms with van der Waals surface area (Å²) in [4.78, 5) is 68.4. The Hall–Kier alpha value is -11.1. The molecule has 10 nitrogen and oxygen atoms in total. The van der Waals surface area contributed by atoms with Crippen molar-refractivity contribution in [3.05, 3.63) is 249 Å². The Morgan fingerprint density at radius 1 is 0.250 bits per heavy atom. The molecule has 0 unspecified atom stereocenters. The van der Waals surface area contributed by atoms with E-state index in [9.17, 15) is 0 Å². The molecule has 0 saturated carbocycles. The van der Waals surface area contributed by atoms with Crippen LogP contribution in [-0.2, 0) is 21.7 Å². The van der Waals surface area contributed by atoms with E-state index in [0.717, 1.165) is 76.8 Å². The lowest BCUT2D eigenvalue weighted by Gasteiger charge is -2.34. The molecule has 0 radical (unpaired) electrons. The molecule has 14 aromatic carbocycles. The van der Waals surface area contributed by atoms with Crippen LogP contribution in [0.15, 0.2) is 182 Å². The van der Waals surface area contributed by atoms with Crippen molar-refractivity contribution in [2.75, 3.05) is 9.80 Å². The van der Waals surface area contributed by atoms with Gasteiger partial charge < -0.3 is 18.9 Å². The summed E-state index contributed by atoms with van der Waals surface area (Å²) in [6, 6.07) is 60.6. The van der Waals surface area contributed by atoms with E-state index in [4.69, 9.17) is 18.9 Å². The summed E-state index contributed by atoms with van der Waals surface area (Å²) in [5.41, 5.74) is 9.78. The highest BCUT2D eigenvalue weighted by Gasteiger charge is 2.44. The van der Waals surface area contributed by atoms with Gasteiger partial charge in [-0.3, -0.25) is 19.2 Å². The van der Waals surface area contributed by atoms with Gasteiger partial charge in [-0.05, 0) is 195 Å². The number of para-hydroxylation sites is 2. The molecule has 544 valence electrons. The van der Waals surface area contributed by atoms with Gasteiger partial charge in [0, 0.05) is 43.1 Å². The molecular weight excluding hydrogens is 1330 g/mol. The summed E-state index contributed by atoms with van der Waals surface area (Å²) >= 11 is 0. The van der Waals surface area contributed by atoms with Crippen molar-refractivity contribution in [1.29, 1.82) is 0 Å². The van der Waals surface area contributed by atoms with E-state index < -0.39 is 23.6 Å². The first-order valence-electron chi connectivity index (χ1n) is 38.2. The maximum atomic E-state index is 16.4. The zero-order chi connectivity index (χ0) is 76.6. The monoisotopic (exact) mass is 1430 g/mol. The Kier molecular flexibility index (Phi) is 16.6. The van der Waals surface area contributed by atoms with E-state index in [1.807, 2.05) is 109 Å². The summed E-state index contributed by atoms with van der Waals surface area (Å²) in [6.45, 7) is 43.0. The molecule has 0 N–H and O–H groups in total. The summed E-state index contributed by atoms with van der Waals surface area (Å²) in [7, 11) is 0. The van der Waals surface area contributed by atoms with Crippen LogP contribution in [0.3, 0.4) is 0 Å². The predicted molar refractivity (Wildman–Crippen MR) is 444 cm³/mol. The molecule has 2 aliphatic rings. The second-order valence-corrected chi connectivity index (χ2v) is 35.3. The highest BCUT2D eigenvalue weighted by atomic mass is 16.5. The molecule has 10 heteroatoms. The first-order chi connectivity index (χ1) is 51.1. The Morgan fingerprint density at radius 3 is 0.639 bits per heavy atom. The quantitative estimate of drug-likeness (QED) is 0.0601. The largest absolute Gasteiger partial charge is 0.457 e. The van der Waals surface area contributed by atoms with E-state index in [2.05, 4.69) is 211 Å². The van der Waals surface area contributed by atoms with Crippen molar-refractivity contribution in [2.24, 2.45) is 0 Å². The maximum absolute atomic E-state index is 16.4. The van der Waals surface area contributed by atoms with Crippen LogP contribution in [0.1, 0.15) is 248 Å². The van der Waals surface area contributed by atoms with Crippen LogP contribution >= 0.6 is 0 Å². The average Bonchev–Trinajstić information content (AvgIpc) is 0.671. The van der Waals surface area contributed by atoms with Crippen LogP contribution in [0, 0.1) is 0 Å². The molecule has 0 atom stereocenters. The number of carbonyl (C=O) groups excluding carboxylic acids is 4. The Balaban J connectivity index is 1.08. The molecule has 0 saturated heterocycles. The molecule has 4 amide bonds. The summed E-state index contributed by atoms with van der Waals surface area (Å²) in [6.07, 6.45) is 0. The van der Waals surface area contributed by atoms with E-state index in [1.54, 1.807) is 0 Å². The molecule has 0 aliphatic carbocycles. The summed E-state index contributed by atoms with van der Waals surface area (Å²) in [5.74, 6) is 1.78. The molecule has 2 aliphatic heterocycles. The Morgan fingerprint density at radius 2 is 0.454 bits per heavy atom. The minimum Gasteiger partial charge on any atom is -0.457 e. The fourth-order valence-corrected chi connectivity index (χ4v) is 16.8. The number of hydrogen-bond acceptors (Lipinski definition) is 8. The van der Waals surface area contributed by atoms with Crippen molar-refractivity contribution in [1.82, 2.24) is 0 Å². The lowest BCUT2D eigenvalue weighted by molar-refractivity contribution is 0.0877. The standard InChI is InChI=1S/C98H94N2O8/c1-51(2)63-23-21-24-64(52(3)4)89(63)99-91(101)71-47-75(105-59-35-27-55(28-36-59)95(9,10)11)83-67-43-45-69-80-70(46-44-68(79(67)80)84-76(48-72(92(99)102)81(71)87(83)84)106-60-37-29-56(30-38-60)96(12,13)14)86-78(108-62-41-33-58(34-42-62)98(18,19)20)50-74-82-73(49-77(85(69)88(82)86)107-61-39-31-57(32-40-61)97(15,16)17)93(103)100(94(74)104)90-65(53(5)6)25-22-26-66(90)54(7)8/h21-54H,1-20H3. The molecule has 108 heavy (non-hydrogen) atoms. The number of hydrogen-bond donors (Lipinski definition) is 0. The lowest BCUT2D eigenvalue weighted by Crippen LogP contribution is -2.42. The summed E-state index contributed by atoms with van der Waals surface area (Å²) in [5, 5.41) is 9.66. The zero-order valence-electron chi connectivity index (χ0n) is 65.8. The number of fused-ring (bicyclic) bond motifs is 4. The Bertz CT molecular complexity index is 5360. The van der Waals surface area contributed by atoms with Crippen molar-refractivity contribution in [3.8, 4) is 46.0 Å². The minimum absolute atomic E-state index is 0.0455. The van der Waals surface area contributed by atoms with Gasteiger partial charge in [0.15, 0.2) is 0 Å². The van der Waals surface area contributed by atoms with Gasteiger partial charge in [-0.1, -0.05) is 248 Å². The lowest BCUT2D eigenvalue weighted by atomic mass is 9.79. The molecule has 0 spiro atoms. The van der Waals surface area contributed by atoms with Crippen LogP contribution in [0.25, 0.3) is 75.4 Å². The van der Waals surface area contributed by atoms with Gasteiger partial charge in [-0.25, -0.2) is 9.80 Å². The number of benzene rings is 14. The summed E-state index contributed by atoms with van der Waals surface area (Å²) < 4.78 is 29.7. The topological polar surface area (TPSA) is 112 Å². The SMILES string of the molecule is CC(C)c1cccc(C(C)C)c1N1C(=O)c2cc(Oc3ccc(C(C)(C)C)cc3)c3c4ccc5c6c(Oc7ccc(C(C)(C)C)cc7)cc7c8c(cc(Oc9ccc(C(C)(C)C)cc9)c(c9ccc(c%10c(Oc%11ccc(C(C)(C)C)cc%11)cc(c2c3%10)C1=O)c4c59)c86)C(=O)N(c1c(C(C)C)cccc1C(C)C)C7=O. The van der Waals surface area contributed by atoms with Crippen LogP contribution in [0.4, 0.5) is 11.4 Å². The number of imide groups is 2. The molecule has 0 aromatic heterocycles. The Labute approximate surface area is 633 Å². The van der Waals surface area contributed by atoms with Crippen LogP contribution in [0.2, 0.25) is 0 Å². The second-order valence-electron chi connectivity index (χ2n) is 35.3. The predicted octanol–water partition coefficient (Wildman–Crippen LogP) is 27.1. The highest BCUT2D eigenvalue weighted by Crippen LogP contribution is 2.59. The van der Waals surface area contributed by atoms with Gasteiger partial charge >= 0.3 is 0 Å². The number of carbonyl (C=O) groups is 4. The minimum atomic E-state index is -0.460. The van der Waals surface area contributed by atoms with Crippen molar-refractivity contribution in [2.45, 2.75) is 184 Å². The number of amides is 4. The fourth-order valence-electron chi connectivity index (χ4n) is 16.8. The first-order valence-corrected chi connectivity index (χ1v) is 38.2. The average molecular weight is 1430 g/mol. The van der Waals surface area contributed by atoms with Gasteiger partial charge in [0.05, 0.1) is 33.6 Å². The van der Waals surface area contributed by atoms with Crippen molar-refractivity contribution < 1.29 is 38.1 Å². The van der Waals surface area contributed by atoms with Gasteiger partial charge in [0.1, 0.15) is 46.0 Å².